The summed E-state index contributed by atoms with van der Waals surface area (Å²) in [6, 6.07) is 7.57. The van der Waals surface area contributed by atoms with E-state index >= 15 is 0 Å². The first-order chi connectivity index (χ1) is 8.18. The molecule has 0 radical (unpaired) electrons. The summed E-state index contributed by atoms with van der Waals surface area (Å²) in [7, 11) is 0. The van der Waals surface area contributed by atoms with Gasteiger partial charge in [-0.3, -0.25) is 13.9 Å². The fraction of sp³-hybridized carbons (Fsp3) is 0.273. The molecule has 17 heavy (non-hydrogen) atoms. The van der Waals surface area contributed by atoms with Gasteiger partial charge in [0.1, 0.15) is 0 Å². The van der Waals surface area contributed by atoms with Crippen LogP contribution in [-0.4, -0.2) is 13.9 Å². The Morgan fingerprint density at radius 3 is 2.00 bits per heavy atom. The van der Waals surface area contributed by atoms with Crippen molar-refractivity contribution in [3.8, 4) is 5.69 Å². The van der Waals surface area contributed by atoms with Crippen LogP contribution >= 0.6 is 36.0 Å². The highest BCUT2D eigenvalue weighted by Gasteiger charge is 2.16. The molecule has 0 fully saturated rings. The number of halogens is 1. The molecular formula is C11H10ClN3S2. The van der Waals surface area contributed by atoms with Crippen molar-refractivity contribution < 1.29 is 0 Å². The minimum absolute atomic E-state index is 0.714. The Labute approximate surface area is 114 Å². The molecule has 0 bridgehead atoms. The Kier molecular flexibility index (Phi) is 2.69. The third-order valence-electron chi connectivity index (χ3n) is 2.94. The summed E-state index contributed by atoms with van der Waals surface area (Å²) in [6.45, 7) is 1.89. The number of nitrogens with zero attached hydrogens (tertiary/aromatic N) is 3. The van der Waals surface area contributed by atoms with Crippen LogP contribution in [0.25, 0.3) is 5.69 Å². The summed E-state index contributed by atoms with van der Waals surface area (Å²) in [5.74, 6) is 0. The normalized spacial score (nSPS) is 13.9. The second-order valence-corrected chi connectivity index (χ2v) is 5.14. The van der Waals surface area contributed by atoms with Gasteiger partial charge >= 0.3 is 0 Å². The highest BCUT2D eigenvalue weighted by atomic mass is 35.5. The molecule has 6 heteroatoms. The van der Waals surface area contributed by atoms with Gasteiger partial charge in [0, 0.05) is 18.1 Å². The van der Waals surface area contributed by atoms with Crippen LogP contribution in [0.4, 0.5) is 0 Å². The Balaban J connectivity index is 2.26. The number of benzene rings is 1. The summed E-state index contributed by atoms with van der Waals surface area (Å²) < 4.78 is 7.56. The standard InChI is InChI=1S/C11H10ClN3S2/c12-8-2-4-9(5-3-8)15-10(16)13-6-1-7-14(13)11(15)17/h2-5H,1,6-7H2. The van der Waals surface area contributed by atoms with E-state index < -0.39 is 0 Å². The smallest absolute Gasteiger partial charge is 0.201 e. The molecule has 0 saturated carbocycles. The van der Waals surface area contributed by atoms with Crippen molar-refractivity contribution >= 4 is 36.0 Å². The number of hydrogen-bond acceptors (Lipinski definition) is 2. The van der Waals surface area contributed by atoms with Gasteiger partial charge in [0.2, 0.25) is 9.54 Å². The fourth-order valence-corrected chi connectivity index (χ4v) is 3.08. The predicted molar refractivity (Wildman–Crippen MR) is 73.0 cm³/mol. The topological polar surface area (TPSA) is 14.8 Å². The lowest BCUT2D eigenvalue weighted by molar-refractivity contribution is 0.598. The molecule has 2 heterocycles. The van der Waals surface area contributed by atoms with Crippen molar-refractivity contribution in [1.29, 1.82) is 0 Å². The SMILES string of the molecule is S=c1n(-c2ccc(Cl)cc2)c(=S)n2n1CCC2. The molecule has 0 amide bonds. The van der Waals surface area contributed by atoms with Gasteiger partial charge in [-0.05, 0) is 55.1 Å². The van der Waals surface area contributed by atoms with Crippen molar-refractivity contribution in [3.05, 3.63) is 38.8 Å². The highest BCUT2D eigenvalue weighted by Crippen LogP contribution is 2.18. The van der Waals surface area contributed by atoms with Crippen molar-refractivity contribution in [1.82, 2.24) is 13.9 Å². The molecule has 1 aromatic heterocycles. The molecule has 3 nitrogen and oxygen atoms in total. The van der Waals surface area contributed by atoms with E-state index in [0.29, 0.717) is 5.02 Å². The summed E-state index contributed by atoms with van der Waals surface area (Å²) in [4.78, 5) is 0. The van der Waals surface area contributed by atoms with Gasteiger partial charge in [-0.1, -0.05) is 11.6 Å². The lowest BCUT2D eigenvalue weighted by Gasteiger charge is -2.02. The van der Waals surface area contributed by atoms with E-state index in [0.717, 1.165) is 34.7 Å². The van der Waals surface area contributed by atoms with Crippen LogP contribution in [0.15, 0.2) is 24.3 Å². The summed E-state index contributed by atoms with van der Waals surface area (Å²) >= 11 is 16.8. The van der Waals surface area contributed by atoms with E-state index in [9.17, 15) is 0 Å². The molecule has 0 unspecified atom stereocenters. The van der Waals surface area contributed by atoms with Gasteiger partial charge in [0.25, 0.3) is 0 Å². The molecular weight excluding hydrogens is 274 g/mol. The van der Waals surface area contributed by atoms with Crippen LogP contribution in [0, 0.1) is 9.54 Å². The molecule has 3 rings (SSSR count). The molecule has 1 aliphatic rings. The van der Waals surface area contributed by atoms with E-state index in [1.165, 1.54) is 0 Å². The molecule has 88 valence electrons. The van der Waals surface area contributed by atoms with Crippen LogP contribution < -0.4 is 0 Å². The monoisotopic (exact) mass is 283 g/mol. The zero-order valence-electron chi connectivity index (χ0n) is 8.97. The van der Waals surface area contributed by atoms with E-state index in [1.807, 2.05) is 28.8 Å². The number of fused-ring (bicyclic) bond motifs is 1. The molecule has 1 aliphatic heterocycles. The van der Waals surface area contributed by atoms with Crippen molar-refractivity contribution in [2.24, 2.45) is 0 Å². The molecule has 0 N–H and O–H groups in total. The van der Waals surface area contributed by atoms with Gasteiger partial charge in [-0.15, -0.1) is 0 Å². The maximum absolute atomic E-state index is 5.88. The molecule has 0 aliphatic carbocycles. The first-order valence-corrected chi connectivity index (χ1v) is 6.56. The van der Waals surface area contributed by atoms with E-state index in [-0.39, 0.29) is 0 Å². The number of aromatic nitrogens is 3. The molecule has 1 aromatic carbocycles. The maximum atomic E-state index is 5.88. The van der Waals surface area contributed by atoms with E-state index in [2.05, 4.69) is 9.36 Å². The number of hydrogen-bond donors (Lipinski definition) is 0. The molecule has 0 atom stereocenters. The second kappa shape index (κ2) is 4.08. The Morgan fingerprint density at radius 1 is 0.941 bits per heavy atom. The zero-order valence-corrected chi connectivity index (χ0v) is 11.4. The lowest BCUT2D eigenvalue weighted by atomic mass is 10.3. The molecule has 2 aromatic rings. The van der Waals surface area contributed by atoms with Gasteiger partial charge in [0.15, 0.2) is 0 Å². The first-order valence-electron chi connectivity index (χ1n) is 5.37. The summed E-state index contributed by atoms with van der Waals surface area (Å²) in [6.07, 6.45) is 1.11. The van der Waals surface area contributed by atoms with Crippen molar-refractivity contribution in [3.63, 3.8) is 0 Å². The quantitative estimate of drug-likeness (QED) is 0.743. The summed E-state index contributed by atoms with van der Waals surface area (Å²) in [5, 5.41) is 0.714. The average molecular weight is 284 g/mol. The largest absolute Gasteiger partial charge is 0.261 e. The second-order valence-electron chi connectivity index (χ2n) is 3.98. The summed E-state index contributed by atoms with van der Waals surface area (Å²) in [5.41, 5.74) is 0.971. The first kappa shape index (κ1) is 11.2. The van der Waals surface area contributed by atoms with E-state index in [1.54, 1.807) is 0 Å². The van der Waals surface area contributed by atoms with Crippen LogP contribution in [0.5, 0.6) is 0 Å². The highest BCUT2D eigenvalue weighted by molar-refractivity contribution is 7.72. The average Bonchev–Trinajstić information content (AvgIpc) is 2.87. The maximum Gasteiger partial charge on any atom is 0.201 e. The van der Waals surface area contributed by atoms with Gasteiger partial charge in [-0.2, -0.15) is 0 Å². The minimum Gasteiger partial charge on any atom is -0.261 e. The van der Waals surface area contributed by atoms with Gasteiger partial charge in [0.05, 0.1) is 5.69 Å². The van der Waals surface area contributed by atoms with Gasteiger partial charge in [-0.25, -0.2) is 0 Å². The van der Waals surface area contributed by atoms with Crippen LogP contribution in [0.1, 0.15) is 6.42 Å². The minimum atomic E-state index is 0.714. The van der Waals surface area contributed by atoms with Crippen LogP contribution in [0.3, 0.4) is 0 Å². The lowest BCUT2D eigenvalue weighted by Crippen LogP contribution is -2.00. The Bertz CT molecular complexity index is 643. The van der Waals surface area contributed by atoms with Crippen LogP contribution in [-0.2, 0) is 13.1 Å². The number of rotatable bonds is 1. The molecule has 0 spiro atoms. The van der Waals surface area contributed by atoms with Crippen molar-refractivity contribution in [2.45, 2.75) is 19.5 Å². The predicted octanol–water partition coefficient (Wildman–Crippen LogP) is 3.60. The van der Waals surface area contributed by atoms with E-state index in [4.69, 9.17) is 36.0 Å². The Morgan fingerprint density at radius 2 is 1.47 bits per heavy atom. The Hall–Kier alpha value is -0.910. The van der Waals surface area contributed by atoms with Crippen molar-refractivity contribution in [2.75, 3.05) is 0 Å². The third kappa shape index (κ3) is 1.69. The third-order valence-corrected chi connectivity index (χ3v) is 3.98. The fourth-order valence-electron chi connectivity index (χ4n) is 2.13. The van der Waals surface area contributed by atoms with Crippen LogP contribution in [0.2, 0.25) is 5.02 Å². The van der Waals surface area contributed by atoms with Gasteiger partial charge < -0.3 is 0 Å². The molecule has 0 saturated heterocycles. The zero-order chi connectivity index (χ0) is 12.0.